The second-order valence-electron chi connectivity index (χ2n) is 5.47. The van der Waals surface area contributed by atoms with Crippen molar-refractivity contribution in [3.63, 3.8) is 0 Å². The van der Waals surface area contributed by atoms with Crippen molar-refractivity contribution in [2.24, 2.45) is 0 Å². The smallest absolute Gasteiger partial charge is 0.229 e. The first-order valence-electron chi connectivity index (χ1n) is 5.83. The fourth-order valence-electron chi connectivity index (χ4n) is 1.74. The van der Waals surface area contributed by atoms with Crippen molar-refractivity contribution in [1.29, 1.82) is 0 Å². The van der Waals surface area contributed by atoms with Gasteiger partial charge in [0.1, 0.15) is 5.75 Å². The number of benzene rings is 1. The van der Waals surface area contributed by atoms with Gasteiger partial charge in [0.2, 0.25) is 10.0 Å². The summed E-state index contributed by atoms with van der Waals surface area (Å²) in [5.41, 5.74) is 2.51. The van der Waals surface area contributed by atoms with Gasteiger partial charge in [0.05, 0.1) is 19.1 Å². The molecule has 1 rings (SSSR count). The number of hydrogen-bond donors (Lipinski definition) is 1. The van der Waals surface area contributed by atoms with Crippen LogP contribution >= 0.6 is 22.6 Å². The highest BCUT2D eigenvalue weighted by Gasteiger charge is 2.20. The van der Waals surface area contributed by atoms with Gasteiger partial charge in [-0.25, -0.2) is 8.42 Å². The summed E-state index contributed by atoms with van der Waals surface area (Å²) in [6.07, 6.45) is 1.14. The molecule has 4 nitrogen and oxygen atoms in total. The van der Waals surface area contributed by atoms with Crippen molar-refractivity contribution in [3.8, 4) is 5.75 Å². The van der Waals surface area contributed by atoms with E-state index < -0.39 is 10.0 Å². The molecule has 0 heterocycles. The first-order chi connectivity index (χ1) is 8.58. The molecule has 0 aliphatic heterocycles. The second-order valence-corrected chi connectivity index (χ2v) is 7.99. The summed E-state index contributed by atoms with van der Waals surface area (Å²) in [6.45, 7) is 6.28. The van der Waals surface area contributed by atoms with Crippen LogP contribution in [0.15, 0.2) is 12.1 Å². The van der Waals surface area contributed by atoms with E-state index in [2.05, 4.69) is 54.2 Å². The van der Waals surface area contributed by atoms with Gasteiger partial charge in [-0.3, -0.25) is 4.72 Å². The minimum atomic E-state index is -3.33. The Balaban J connectivity index is 3.49. The molecule has 1 N–H and O–H groups in total. The van der Waals surface area contributed by atoms with E-state index in [1.807, 2.05) is 6.07 Å². The fraction of sp³-hybridized carbons (Fsp3) is 0.538. The minimum Gasteiger partial charge on any atom is -0.494 e. The topological polar surface area (TPSA) is 55.4 Å². The van der Waals surface area contributed by atoms with Crippen molar-refractivity contribution >= 4 is 38.3 Å². The third-order valence-electron chi connectivity index (χ3n) is 2.68. The van der Waals surface area contributed by atoms with Crippen LogP contribution in [-0.4, -0.2) is 21.8 Å². The molecule has 0 aliphatic rings. The quantitative estimate of drug-likeness (QED) is 0.627. The van der Waals surface area contributed by atoms with Crippen LogP contribution in [0.25, 0.3) is 0 Å². The van der Waals surface area contributed by atoms with Gasteiger partial charge in [-0.2, -0.15) is 0 Å². The van der Waals surface area contributed by atoms with E-state index in [9.17, 15) is 8.42 Å². The molecule has 6 heteroatoms. The zero-order valence-electron chi connectivity index (χ0n) is 11.9. The van der Waals surface area contributed by atoms with Crippen molar-refractivity contribution < 1.29 is 13.2 Å². The molecule has 0 atom stereocenters. The summed E-state index contributed by atoms with van der Waals surface area (Å²) in [7, 11) is -1.78. The lowest BCUT2D eigenvalue weighted by Crippen LogP contribution is -2.15. The highest BCUT2D eigenvalue weighted by atomic mass is 127. The van der Waals surface area contributed by atoms with Gasteiger partial charge < -0.3 is 4.74 Å². The van der Waals surface area contributed by atoms with Crippen molar-refractivity contribution in [2.45, 2.75) is 30.6 Å². The van der Waals surface area contributed by atoms with E-state index >= 15 is 0 Å². The van der Waals surface area contributed by atoms with Crippen LogP contribution in [0, 0.1) is 0 Å². The maximum absolute atomic E-state index is 11.5. The monoisotopic (exact) mass is 397 g/mol. The second kappa shape index (κ2) is 5.87. The van der Waals surface area contributed by atoms with Gasteiger partial charge in [-0.15, -0.1) is 0 Å². The SMILES string of the molecule is COc1c(CI)cc(C(C)(C)C)cc1NS(C)(=O)=O. The molecule has 0 fully saturated rings. The summed E-state index contributed by atoms with van der Waals surface area (Å²) in [4.78, 5) is 0. The number of halogens is 1. The Bertz CT molecular complexity index is 562. The van der Waals surface area contributed by atoms with E-state index in [-0.39, 0.29) is 5.41 Å². The zero-order valence-corrected chi connectivity index (χ0v) is 14.8. The predicted octanol–water partition coefficient (Wildman–Crippen LogP) is 3.30. The maximum atomic E-state index is 11.5. The third-order valence-corrected chi connectivity index (χ3v) is 4.09. The number of sulfonamides is 1. The lowest BCUT2D eigenvalue weighted by molar-refractivity contribution is 0.413. The summed E-state index contributed by atoms with van der Waals surface area (Å²) in [5, 5.41) is 0. The van der Waals surface area contributed by atoms with Gasteiger partial charge in [0.25, 0.3) is 0 Å². The Morgan fingerprint density at radius 1 is 1.32 bits per heavy atom. The van der Waals surface area contributed by atoms with Crippen LogP contribution in [0.3, 0.4) is 0 Å². The summed E-state index contributed by atoms with van der Waals surface area (Å²) >= 11 is 2.24. The first-order valence-corrected chi connectivity index (χ1v) is 9.25. The molecule has 0 aliphatic carbocycles. The van der Waals surface area contributed by atoms with Crippen molar-refractivity contribution in [2.75, 3.05) is 18.1 Å². The number of alkyl halides is 1. The minimum absolute atomic E-state index is 0.0548. The Labute approximate surface area is 129 Å². The summed E-state index contributed by atoms with van der Waals surface area (Å²) in [6, 6.07) is 3.91. The lowest BCUT2D eigenvalue weighted by Gasteiger charge is -2.23. The molecule has 0 saturated heterocycles. The molecule has 108 valence electrons. The summed E-state index contributed by atoms with van der Waals surface area (Å²) < 4.78 is 31.6. The van der Waals surface area contributed by atoms with Crippen LogP contribution in [0.5, 0.6) is 5.75 Å². The molecule has 0 radical (unpaired) electrons. The number of hydrogen-bond acceptors (Lipinski definition) is 3. The average Bonchev–Trinajstić information content (AvgIpc) is 2.24. The largest absolute Gasteiger partial charge is 0.494 e. The molecule has 1 aromatic rings. The number of nitrogens with one attached hydrogen (secondary N) is 1. The molecule has 0 saturated carbocycles. The number of methoxy groups -OCH3 is 1. The van der Waals surface area contributed by atoms with Gasteiger partial charge in [-0.1, -0.05) is 49.4 Å². The van der Waals surface area contributed by atoms with Gasteiger partial charge in [0.15, 0.2) is 0 Å². The molecule has 19 heavy (non-hydrogen) atoms. The molecule has 0 amide bonds. The van der Waals surface area contributed by atoms with E-state index in [4.69, 9.17) is 4.74 Å². The number of anilines is 1. The van der Waals surface area contributed by atoms with Gasteiger partial charge in [0, 0.05) is 9.99 Å². The highest BCUT2D eigenvalue weighted by molar-refractivity contribution is 14.1. The Kier molecular flexibility index (Phi) is 5.11. The van der Waals surface area contributed by atoms with E-state index in [0.29, 0.717) is 11.4 Å². The average molecular weight is 397 g/mol. The van der Waals surface area contributed by atoms with E-state index in [1.165, 1.54) is 0 Å². The Morgan fingerprint density at radius 3 is 2.26 bits per heavy atom. The van der Waals surface area contributed by atoms with Crippen LogP contribution in [-0.2, 0) is 19.9 Å². The molecular weight excluding hydrogens is 377 g/mol. The van der Waals surface area contributed by atoms with Crippen LogP contribution < -0.4 is 9.46 Å². The van der Waals surface area contributed by atoms with Gasteiger partial charge in [-0.05, 0) is 17.0 Å². The molecule has 0 aromatic heterocycles. The van der Waals surface area contributed by atoms with Gasteiger partial charge >= 0.3 is 0 Å². The highest BCUT2D eigenvalue weighted by Crippen LogP contribution is 2.36. The Hall–Kier alpha value is -0.500. The Morgan fingerprint density at radius 2 is 1.89 bits per heavy atom. The number of ether oxygens (including phenoxy) is 1. The zero-order chi connectivity index (χ0) is 14.8. The van der Waals surface area contributed by atoms with Crippen LogP contribution in [0.4, 0.5) is 5.69 Å². The fourth-order valence-corrected chi connectivity index (χ4v) is 2.86. The van der Waals surface area contributed by atoms with Crippen molar-refractivity contribution in [3.05, 3.63) is 23.3 Å². The molecule has 0 spiro atoms. The number of rotatable bonds is 4. The third kappa shape index (κ3) is 4.52. The molecule has 1 aromatic carbocycles. The predicted molar refractivity (Wildman–Crippen MR) is 87.9 cm³/mol. The van der Waals surface area contributed by atoms with E-state index in [0.717, 1.165) is 21.8 Å². The van der Waals surface area contributed by atoms with E-state index in [1.54, 1.807) is 7.11 Å². The first kappa shape index (κ1) is 16.6. The normalized spacial score (nSPS) is 12.3. The van der Waals surface area contributed by atoms with Crippen molar-refractivity contribution in [1.82, 2.24) is 0 Å². The summed E-state index contributed by atoms with van der Waals surface area (Å²) in [5.74, 6) is 0.591. The molecular formula is C13H20INO3S. The van der Waals surface area contributed by atoms with Crippen LogP contribution in [0.2, 0.25) is 0 Å². The standard InChI is InChI=1S/C13H20INO3S/c1-13(2,3)10-6-9(8-14)12(18-4)11(7-10)15-19(5,16)17/h6-7,15H,8H2,1-5H3. The molecule has 0 bridgehead atoms. The van der Waals surface area contributed by atoms with Crippen LogP contribution in [0.1, 0.15) is 31.9 Å². The lowest BCUT2D eigenvalue weighted by atomic mass is 9.86. The molecule has 0 unspecified atom stereocenters. The maximum Gasteiger partial charge on any atom is 0.229 e.